The summed E-state index contributed by atoms with van der Waals surface area (Å²) >= 11 is 0. The van der Waals surface area contributed by atoms with E-state index in [1.54, 1.807) is 23.1 Å². The van der Waals surface area contributed by atoms with Crippen LogP contribution in [0.4, 0.5) is 14.9 Å². The molecule has 2 aromatic rings. The molecule has 0 unspecified atom stereocenters. The number of rotatable bonds is 2. The van der Waals surface area contributed by atoms with E-state index in [1.165, 1.54) is 11.6 Å². The fourth-order valence-electron chi connectivity index (χ4n) is 2.65. The van der Waals surface area contributed by atoms with Crippen LogP contribution in [0.25, 0.3) is 0 Å². The highest BCUT2D eigenvalue weighted by Crippen LogP contribution is 2.26. The molecule has 108 valence electrons. The largest absolute Gasteiger partial charge is 0.334 e. The number of halogens is 1. The van der Waals surface area contributed by atoms with Crippen molar-refractivity contribution in [1.29, 1.82) is 0 Å². The van der Waals surface area contributed by atoms with Crippen molar-refractivity contribution in [3.05, 3.63) is 65.5 Å². The molecular formula is C17H17FN2O. The molecule has 0 radical (unpaired) electrons. The average molecular weight is 284 g/mol. The summed E-state index contributed by atoms with van der Waals surface area (Å²) in [5, 5.41) is 2.80. The molecule has 0 aromatic heterocycles. The van der Waals surface area contributed by atoms with Crippen LogP contribution < -0.4 is 10.2 Å². The molecule has 0 fully saturated rings. The van der Waals surface area contributed by atoms with Crippen molar-refractivity contribution in [1.82, 2.24) is 5.32 Å². The van der Waals surface area contributed by atoms with Crippen LogP contribution in [0.1, 0.15) is 17.5 Å². The zero-order valence-electron chi connectivity index (χ0n) is 11.7. The highest BCUT2D eigenvalue weighted by atomic mass is 19.1. The van der Waals surface area contributed by atoms with Crippen LogP contribution in [0.5, 0.6) is 0 Å². The summed E-state index contributed by atoms with van der Waals surface area (Å²) < 4.78 is 13.6. The molecule has 1 aliphatic heterocycles. The van der Waals surface area contributed by atoms with Gasteiger partial charge in [-0.1, -0.05) is 36.4 Å². The highest BCUT2D eigenvalue weighted by Gasteiger charge is 2.21. The van der Waals surface area contributed by atoms with Gasteiger partial charge in [0.1, 0.15) is 5.82 Å². The van der Waals surface area contributed by atoms with Gasteiger partial charge in [-0.05, 0) is 30.5 Å². The molecule has 0 atom stereocenters. The molecule has 4 heteroatoms. The van der Waals surface area contributed by atoms with E-state index in [-0.39, 0.29) is 18.4 Å². The number of carbonyl (C=O) groups excluding carboxylic acids is 1. The number of para-hydroxylation sites is 1. The van der Waals surface area contributed by atoms with E-state index in [0.29, 0.717) is 12.1 Å². The first-order chi connectivity index (χ1) is 10.3. The Morgan fingerprint density at radius 2 is 1.90 bits per heavy atom. The molecule has 1 aliphatic rings. The minimum absolute atomic E-state index is 0.176. The first-order valence-electron chi connectivity index (χ1n) is 7.12. The Balaban J connectivity index is 1.71. The Morgan fingerprint density at radius 3 is 2.76 bits per heavy atom. The SMILES string of the molecule is O=C(NCc1ccccc1F)N1CCCc2ccccc21. The zero-order valence-corrected chi connectivity index (χ0v) is 11.7. The van der Waals surface area contributed by atoms with E-state index in [9.17, 15) is 9.18 Å². The quantitative estimate of drug-likeness (QED) is 0.899. The molecule has 0 saturated heterocycles. The van der Waals surface area contributed by atoms with Crippen molar-refractivity contribution in [3.63, 3.8) is 0 Å². The van der Waals surface area contributed by atoms with Crippen molar-refractivity contribution in [2.45, 2.75) is 19.4 Å². The molecule has 0 spiro atoms. The minimum Gasteiger partial charge on any atom is -0.334 e. The molecular weight excluding hydrogens is 267 g/mol. The topological polar surface area (TPSA) is 32.3 Å². The summed E-state index contributed by atoms with van der Waals surface area (Å²) in [6, 6.07) is 14.2. The van der Waals surface area contributed by atoms with Gasteiger partial charge in [0.25, 0.3) is 0 Å². The lowest BCUT2D eigenvalue weighted by Gasteiger charge is -2.29. The summed E-state index contributed by atoms with van der Waals surface area (Å²) in [6.45, 7) is 0.893. The number of amides is 2. The number of nitrogens with one attached hydrogen (secondary N) is 1. The standard InChI is InChI=1S/C17H17FN2O/c18-15-9-3-1-7-14(15)12-19-17(21)20-11-5-8-13-6-2-4-10-16(13)20/h1-4,6-7,9-10H,5,8,11-12H2,(H,19,21). The Bertz CT molecular complexity index is 657. The smallest absolute Gasteiger partial charge is 0.322 e. The number of fused-ring (bicyclic) bond motifs is 1. The van der Waals surface area contributed by atoms with Crippen molar-refractivity contribution < 1.29 is 9.18 Å². The Labute approximate surface area is 123 Å². The average Bonchev–Trinajstić information content (AvgIpc) is 2.53. The fraction of sp³-hybridized carbons (Fsp3) is 0.235. The van der Waals surface area contributed by atoms with Crippen molar-refractivity contribution in [2.24, 2.45) is 0 Å². The van der Waals surface area contributed by atoms with Gasteiger partial charge in [0, 0.05) is 24.3 Å². The van der Waals surface area contributed by atoms with Crippen LogP contribution in [-0.4, -0.2) is 12.6 Å². The van der Waals surface area contributed by atoms with E-state index in [4.69, 9.17) is 0 Å². The number of benzene rings is 2. The molecule has 0 aliphatic carbocycles. The van der Waals surface area contributed by atoms with Crippen LogP contribution in [0, 0.1) is 5.82 Å². The van der Waals surface area contributed by atoms with Crippen LogP contribution in [0.2, 0.25) is 0 Å². The van der Waals surface area contributed by atoms with E-state index in [0.717, 1.165) is 18.5 Å². The molecule has 1 N–H and O–H groups in total. The van der Waals surface area contributed by atoms with E-state index in [2.05, 4.69) is 5.32 Å². The second-order valence-corrected chi connectivity index (χ2v) is 5.13. The van der Waals surface area contributed by atoms with E-state index >= 15 is 0 Å². The van der Waals surface area contributed by atoms with Crippen molar-refractivity contribution in [3.8, 4) is 0 Å². The monoisotopic (exact) mass is 284 g/mol. The fourth-order valence-corrected chi connectivity index (χ4v) is 2.65. The van der Waals surface area contributed by atoms with Crippen LogP contribution in [0.3, 0.4) is 0 Å². The third-order valence-electron chi connectivity index (χ3n) is 3.74. The molecule has 21 heavy (non-hydrogen) atoms. The van der Waals surface area contributed by atoms with Crippen LogP contribution >= 0.6 is 0 Å². The van der Waals surface area contributed by atoms with Gasteiger partial charge in [0.2, 0.25) is 0 Å². The Kier molecular flexibility index (Phi) is 3.86. The van der Waals surface area contributed by atoms with Gasteiger partial charge in [-0.3, -0.25) is 4.90 Å². The maximum absolute atomic E-state index is 13.6. The first kappa shape index (κ1) is 13.6. The maximum Gasteiger partial charge on any atom is 0.322 e. The summed E-state index contributed by atoms with van der Waals surface area (Å²) in [4.78, 5) is 14.1. The second kappa shape index (κ2) is 5.95. The summed E-state index contributed by atoms with van der Waals surface area (Å²) in [6.07, 6.45) is 1.94. The van der Waals surface area contributed by atoms with Gasteiger partial charge in [-0.25, -0.2) is 9.18 Å². The third kappa shape index (κ3) is 2.89. The van der Waals surface area contributed by atoms with E-state index < -0.39 is 0 Å². The first-order valence-corrected chi connectivity index (χ1v) is 7.12. The van der Waals surface area contributed by atoms with Gasteiger partial charge < -0.3 is 5.32 Å². The molecule has 3 rings (SSSR count). The lowest BCUT2D eigenvalue weighted by molar-refractivity contribution is 0.245. The van der Waals surface area contributed by atoms with Crippen LogP contribution in [-0.2, 0) is 13.0 Å². The summed E-state index contributed by atoms with van der Waals surface area (Å²) in [5.41, 5.74) is 2.63. The van der Waals surface area contributed by atoms with Gasteiger partial charge in [0.05, 0.1) is 0 Å². The number of anilines is 1. The predicted octanol–water partition coefficient (Wildman–Crippen LogP) is 3.49. The number of aryl methyl sites for hydroxylation is 1. The van der Waals surface area contributed by atoms with Gasteiger partial charge >= 0.3 is 6.03 Å². The van der Waals surface area contributed by atoms with Crippen molar-refractivity contribution in [2.75, 3.05) is 11.4 Å². The highest BCUT2D eigenvalue weighted by molar-refractivity contribution is 5.93. The number of hydrogen-bond acceptors (Lipinski definition) is 1. The van der Waals surface area contributed by atoms with Gasteiger partial charge in [0.15, 0.2) is 0 Å². The predicted molar refractivity (Wildman–Crippen MR) is 80.7 cm³/mol. The Morgan fingerprint density at radius 1 is 1.14 bits per heavy atom. The molecule has 0 saturated carbocycles. The van der Waals surface area contributed by atoms with Gasteiger partial charge in [-0.2, -0.15) is 0 Å². The third-order valence-corrected chi connectivity index (χ3v) is 3.74. The number of nitrogens with zero attached hydrogens (tertiary/aromatic N) is 1. The molecule has 2 amide bonds. The second-order valence-electron chi connectivity index (χ2n) is 5.13. The number of hydrogen-bond donors (Lipinski definition) is 1. The summed E-state index contributed by atoms with van der Waals surface area (Å²) in [5.74, 6) is -0.295. The number of urea groups is 1. The number of carbonyl (C=O) groups is 1. The normalized spacial score (nSPS) is 13.7. The summed E-state index contributed by atoms with van der Waals surface area (Å²) in [7, 11) is 0. The van der Waals surface area contributed by atoms with Gasteiger partial charge in [-0.15, -0.1) is 0 Å². The zero-order chi connectivity index (χ0) is 14.7. The minimum atomic E-state index is -0.295. The lowest BCUT2D eigenvalue weighted by Crippen LogP contribution is -2.42. The lowest BCUT2D eigenvalue weighted by atomic mass is 10.0. The maximum atomic E-state index is 13.6. The van der Waals surface area contributed by atoms with Crippen molar-refractivity contribution >= 4 is 11.7 Å². The van der Waals surface area contributed by atoms with Crippen LogP contribution in [0.15, 0.2) is 48.5 Å². The molecule has 0 bridgehead atoms. The molecule has 2 aromatic carbocycles. The molecule has 1 heterocycles. The van der Waals surface area contributed by atoms with E-state index in [1.807, 2.05) is 24.3 Å². The Hall–Kier alpha value is -2.36. The molecule has 3 nitrogen and oxygen atoms in total.